The summed E-state index contributed by atoms with van der Waals surface area (Å²) in [5.74, 6) is -0.564. The summed E-state index contributed by atoms with van der Waals surface area (Å²) in [6.07, 6.45) is -4.34. The van der Waals surface area contributed by atoms with Crippen LogP contribution in [0.1, 0.15) is 44.4 Å². The molecule has 1 atom stereocenters. The highest BCUT2D eigenvalue weighted by Gasteiger charge is 2.31. The standard InChI is InChI=1S/C25H23ClF3N3O2.C2H6/c1-15(32-24(33)16(2)34-23-11-8-19(14-31-23)25(27,28)29)22(18-4-3-5-21(30)13-18)12-17-6-9-20(26)10-7-17;1-2/h3-11,13-14,16H,12,30H2,1-2H3,(H,32,33);1-2H3/b22-15-;. The van der Waals surface area contributed by atoms with Crippen molar-refractivity contribution in [2.24, 2.45) is 0 Å². The average Bonchev–Trinajstić information content (AvgIpc) is 2.84. The number of aromatic nitrogens is 1. The van der Waals surface area contributed by atoms with Crippen LogP contribution >= 0.6 is 11.6 Å². The number of amides is 1. The van der Waals surface area contributed by atoms with Gasteiger partial charge in [-0.25, -0.2) is 4.98 Å². The molecule has 0 aliphatic carbocycles. The number of pyridine rings is 1. The van der Waals surface area contributed by atoms with Gasteiger partial charge < -0.3 is 15.8 Å². The normalized spacial score (nSPS) is 12.6. The first-order valence-electron chi connectivity index (χ1n) is 11.3. The Bertz CT molecular complexity index is 1180. The average molecular weight is 520 g/mol. The first-order chi connectivity index (χ1) is 17.0. The van der Waals surface area contributed by atoms with E-state index in [9.17, 15) is 18.0 Å². The molecule has 5 nitrogen and oxygen atoms in total. The Morgan fingerprint density at radius 3 is 2.33 bits per heavy atom. The number of nitrogens with two attached hydrogens (primary N) is 1. The summed E-state index contributed by atoms with van der Waals surface area (Å²) in [6, 6.07) is 16.6. The predicted octanol–water partition coefficient (Wildman–Crippen LogP) is 6.92. The highest BCUT2D eigenvalue weighted by atomic mass is 35.5. The number of benzene rings is 2. The molecule has 3 rings (SSSR count). The summed E-state index contributed by atoms with van der Waals surface area (Å²) >= 11 is 5.99. The molecule has 0 saturated carbocycles. The van der Waals surface area contributed by atoms with Gasteiger partial charge in [0.1, 0.15) is 0 Å². The van der Waals surface area contributed by atoms with E-state index >= 15 is 0 Å². The largest absolute Gasteiger partial charge is 0.465 e. The number of halogens is 4. The molecule has 36 heavy (non-hydrogen) atoms. The maximum atomic E-state index is 12.8. The molecule has 0 saturated heterocycles. The van der Waals surface area contributed by atoms with Gasteiger partial charge in [0.15, 0.2) is 6.10 Å². The van der Waals surface area contributed by atoms with Gasteiger partial charge in [0.2, 0.25) is 5.88 Å². The van der Waals surface area contributed by atoms with E-state index in [1.54, 1.807) is 25.1 Å². The number of nitrogens with one attached hydrogen (secondary N) is 1. The minimum atomic E-state index is -4.50. The van der Waals surface area contributed by atoms with Crippen LogP contribution in [0.3, 0.4) is 0 Å². The van der Waals surface area contributed by atoms with Gasteiger partial charge in [-0.1, -0.05) is 49.7 Å². The highest BCUT2D eigenvalue weighted by Crippen LogP contribution is 2.29. The number of carbonyl (C=O) groups excluding carboxylic acids is 1. The van der Waals surface area contributed by atoms with Crippen molar-refractivity contribution >= 4 is 28.8 Å². The van der Waals surface area contributed by atoms with Crippen LogP contribution in [0, 0.1) is 0 Å². The number of carbonyl (C=O) groups is 1. The lowest BCUT2D eigenvalue weighted by Crippen LogP contribution is -2.36. The van der Waals surface area contributed by atoms with Gasteiger partial charge in [0.05, 0.1) is 5.56 Å². The van der Waals surface area contributed by atoms with E-state index in [0.717, 1.165) is 28.8 Å². The number of ether oxygens (including phenoxy) is 1. The van der Waals surface area contributed by atoms with Crippen molar-refractivity contribution in [1.29, 1.82) is 0 Å². The third kappa shape index (κ3) is 8.30. The monoisotopic (exact) mass is 519 g/mol. The Morgan fingerprint density at radius 2 is 1.78 bits per heavy atom. The van der Waals surface area contributed by atoms with E-state index in [-0.39, 0.29) is 5.88 Å². The smallest absolute Gasteiger partial charge is 0.417 e. The first-order valence-corrected chi connectivity index (χ1v) is 11.7. The Labute approximate surface area is 214 Å². The van der Waals surface area contributed by atoms with Crippen molar-refractivity contribution in [2.75, 3.05) is 5.73 Å². The zero-order valence-corrected chi connectivity index (χ0v) is 21.2. The fourth-order valence-corrected chi connectivity index (χ4v) is 3.32. The van der Waals surface area contributed by atoms with Crippen molar-refractivity contribution in [3.63, 3.8) is 0 Å². The highest BCUT2D eigenvalue weighted by molar-refractivity contribution is 6.30. The molecule has 0 fully saturated rings. The second-order valence-electron chi connectivity index (χ2n) is 7.66. The summed E-state index contributed by atoms with van der Waals surface area (Å²) in [7, 11) is 0. The quantitative estimate of drug-likeness (QED) is 0.332. The van der Waals surface area contributed by atoms with Crippen molar-refractivity contribution in [3.8, 4) is 5.88 Å². The zero-order chi connectivity index (χ0) is 26.9. The van der Waals surface area contributed by atoms with Crippen LogP contribution in [-0.4, -0.2) is 17.0 Å². The van der Waals surface area contributed by atoms with Crippen LogP contribution in [0.5, 0.6) is 5.88 Å². The number of allylic oxidation sites excluding steroid dienone is 2. The van der Waals surface area contributed by atoms with Gasteiger partial charge in [0, 0.05) is 28.7 Å². The summed E-state index contributed by atoms with van der Waals surface area (Å²) in [4.78, 5) is 16.4. The summed E-state index contributed by atoms with van der Waals surface area (Å²) in [5.41, 5.74) is 8.88. The molecular formula is C27H29ClF3N3O2. The topological polar surface area (TPSA) is 77.2 Å². The molecule has 1 unspecified atom stereocenters. The SMILES string of the molecule is C/C(NC(=O)C(C)Oc1ccc(C(F)(F)F)cn1)=C(\Cc1ccc(Cl)cc1)c1cccc(N)c1.CC. The molecule has 3 aromatic rings. The fraction of sp³-hybridized carbons (Fsp3) is 0.259. The third-order valence-electron chi connectivity index (χ3n) is 5.02. The van der Waals surface area contributed by atoms with Gasteiger partial charge in [0.25, 0.3) is 5.91 Å². The molecular weight excluding hydrogens is 491 g/mol. The number of anilines is 1. The molecule has 0 radical (unpaired) electrons. The Hall–Kier alpha value is -3.52. The number of alkyl halides is 3. The van der Waals surface area contributed by atoms with Gasteiger partial charge in [-0.15, -0.1) is 0 Å². The van der Waals surface area contributed by atoms with E-state index in [1.807, 2.05) is 44.2 Å². The number of hydrogen-bond donors (Lipinski definition) is 2. The molecule has 1 aromatic heterocycles. The maximum absolute atomic E-state index is 12.8. The second-order valence-corrected chi connectivity index (χ2v) is 8.10. The lowest BCUT2D eigenvalue weighted by Gasteiger charge is -2.18. The van der Waals surface area contributed by atoms with Crippen molar-refractivity contribution in [2.45, 2.75) is 46.4 Å². The molecule has 3 N–H and O–H groups in total. The molecule has 0 aliphatic heterocycles. The van der Waals surface area contributed by atoms with Crippen LogP contribution in [0.15, 0.2) is 72.6 Å². The molecule has 0 bridgehead atoms. The van der Waals surface area contributed by atoms with E-state index in [4.69, 9.17) is 22.1 Å². The predicted molar refractivity (Wildman–Crippen MR) is 137 cm³/mol. The maximum Gasteiger partial charge on any atom is 0.417 e. The van der Waals surface area contributed by atoms with Gasteiger partial charge in [-0.3, -0.25) is 4.79 Å². The Balaban J connectivity index is 0.00000222. The van der Waals surface area contributed by atoms with Crippen LogP contribution in [0.2, 0.25) is 5.02 Å². The zero-order valence-electron chi connectivity index (χ0n) is 20.5. The minimum Gasteiger partial charge on any atom is -0.465 e. The molecule has 1 heterocycles. The van der Waals surface area contributed by atoms with Gasteiger partial charge >= 0.3 is 6.18 Å². The molecule has 192 valence electrons. The number of nitrogens with zero attached hydrogens (tertiary/aromatic N) is 1. The van der Waals surface area contributed by atoms with Crippen molar-refractivity contribution < 1.29 is 22.7 Å². The van der Waals surface area contributed by atoms with Crippen LogP contribution in [0.4, 0.5) is 18.9 Å². The Kier molecular flexibility index (Phi) is 10.3. The summed E-state index contributed by atoms with van der Waals surface area (Å²) in [5, 5.41) is 3.44. The molecule has 0 aliphatic rings. The molecule has 9 heteroatoms. The van der Waals surface area contributed by atoms with Crippen LogP contribution in [0.25, 0.3) is 5.57 Å². The van der Waals surface area contributed by atoms with Crippen LogP contribution < -0.4 is 15.8 Å². The van der Waals surface area contributed by atoms with E-state index in [2.05, 4.69) is 10.3 Å². The fourth-order valence-electron chi connectivity index (χ4n) is 3.20. The van der Waals surface area contributed by atoms with Crippen molar-refractivity contribution in [1.82, 2.24) is 10.3 Å². The van der Waals surface area contributed by atoms with Gasteiger partial charge in [-0.05, 0) is 67.3 Å². The Morgan fingerprint density at radius 1 is 1.11 bits per heavy atom. The summed E-state index contributed by atoms with van der Waals surface area (Å²) < 4.78 is 43.6. The van der Waals surface area contributed by atoms with E-state index in [0.29, 0.717) is 29.0 Å². The van der Waals surface area contributed by atoms with Crippen LogP contribution in [-0.2, 0) is 17.4 Å². The van der Waals surface area contributed by atoms with E-state index < -0.39 is 23.8 Å². The molecule has 1 amide bonds. The molecule has 0 spiro atoms. The van der Waals surface area contributed by atoms with Crippen molar-refractivity contribution in [3.05, 3.63) is 94.3 Å². The van der Waals surface area contributed by atoms with Gasteiger partial charge in [-0.2, -0.15) is 13.2 Å². The lowest BCUT2D eigenvalue weighted by molar-refractivity contribution is -0.138. The third-order valence-corrected chi connectivity index (χ3v) is 5.28. The summed E-state index contributed by atoms with van der Waals surface area (Å²) in [6.45, 7) is 7.25. The first kappa shape index (κ1) is 28.7. The number of nitrogen functional groups attached to an aromatic ring is 1. The van der Waals surface area contributed by atoms with E-state index in [1.165, 1.54) is 6.92 Å². The number of hydrogen-bond acceptors (Lipinski definition) is 4. The minimum absolute atomic E-state index is 0.0884. The lowest BCUT2D eigenvalue weighted by atomic mass is 9.96. The molecule has 2 aromatic carbocycles. The number of rotatable bonds is 7. The second kappa shape index (κ2) is 13.0.